The lowest BCUT2D eigenvalue weighted by molar-refractivity contribution is -0.121. The zero-order chi connectivity index (χ0) is 14.3. The van der Waals surface area contributed by atoms with Crippen LogP contribution in [0.1, 0.15) is 37.4 Å². The fourth-order valence-corrected chi connectivity index (χ4v) is 2.87. The Morgan fingerprint density at radius 3 is 2.95 bits per heavy atom. The first-order valence-electron chi connectivity index (χ1n) is 6.41. The number of carbonyl (C=O) groups is 1. The Morgan fingerprint density at radius 1 is 1.63 bits per heavy atom. The van der Waals surface area contributed by atoms with E-state index in [9.17, 15) is 9.90 Å². The van der Waals surface area contributed by atoms with Crippen molar-refractivity contribution in [3.8, 4) is 0 Å². The van der Waals surface area contributed by atoms with Crippen molar-refractivity contribution in [1.29, 1.82) is 0 Å². The molecule has 1 amide bonds. The number of aliphatic hydroxyl groups is 1. The van der Waals surface area contributed by atoms with E-state index in [0.29, 0.717) is 19.4 Å². The van der Waals surface area contributed by atoms with Gasteiger partial charge in [-0.2, -0.15) is 11.8 Å². The third-order valence-corrected chi connectivity index (χ3v) is 4.63. The highest BCUT2D eigenvalue weighted by atomic mass is 32.2. The molecular weight excluding hydrogens is 280 g/mol. The predicted octanol–water partition coefficient (Wildman–Crippen LogP) is 2.35. The number of thiazole rings is 1. The van der Waals surface area contributed by atoms with Crippen LogP contribution in [-0.2, 0) is 10.5 Å². The molecule has 1 unspecified atom stereocenters. The number of carbonyl (C=O) groups excluding carboxylic acids is 1. The summed E-state index contributed by atoms with van der Waals surface area (Å²) in [6.07, 6.45) is 1.11. The summed E-state index contributed by atoms with van der Waals surface area (Å²) in [4.78, 5) is 15.9. The van der Waals surface area contributed by atoms with E-state index >= 15 is 0 Å². The van der Waals surface area contributed by atoms with Gasteiger partial charge in [0.1, 0.15) is 0 Å². The van der Waals surface area contributed by atoms with Gasteiger partial charge in [0.15, 0.2) is 0 Å². The van der Waals surface area contributed by atoms with Crippen molar-refractivity contribution < 1.29 is 9.90 Å². The molecule has 4 nitrogen and oxygen atoms in total. The van der Waals surface area contributed by atoms with Crippen molar-refractivity contribution in [2.75, 3.05) is 12.3 Å². The topological polar surface area (TPSA) is 62.2 Å². The zero-order valence-electron chi connectivity index (χ0n) is 11.7. The number of aromatic nitrogens is 1. The van der Waals surface area contributed by atoms with Crippen LogP contribution in [-0.4, -0.2) is 33.9 Å². The van der Waals surface area contributed by atoms with Crippen LogP contribution >= 0.6 is 23.1 Å². The summed E-state index contributed by atoms with van der Waals surface area (Å²) < 4.78 is 0. The van der Waals surface area contributed by atoms with Crippen molar-refractivity contribution in [3.05, 3.63) is 16.1 Å². The fraction of sp³-hybridized carbons (Fsp3) is 0.692. The van der Waals surface area contributed by atoms with Gasteiger partial charge in [0.05, 0.1) is 16.3 Å². The van der Waals surface area contributed by atoms with Crippen LogP contribution in [0.3, 0.4) is 0 Å². The molecule has 0 spiro atoms. The van der Waals surface area contributed by atoms with E-state index in [-0.39, 0.29) is 5.91 Å². The quantitative estimate of drug-likeness (QED) is 0.724. The Bertz CT molecular complexity index is 405. The minimum absolute atomic E-state index is 0.00400. The Morgan fingerprint density at radius 2 is 2.37 bits per heavy atom. The number of hydrogen-bond acceptors (Lipinski definition) is 5. The normalized spacial score (nSPS) is 14.1. The molecule has 1 heterocycles. The van der Waals surface area contributed by atoms with E-state index in [0.717, 1.165) is 22.2 Å². The van der Waals surface area contributed by atoms with Crippen LogP contribution in [0.5, 0.6) is 0 Å². The van der Waals surface area contributed by atoms with Crippen LogP contribution in [0.25, 0.3) is 0 Å². The fourth-order valence-electron chi connectivity index (χ4n) is 1.32. The molecule has 0 saturated heterocycles. The van der Waals surface area contributed by atoms with Crippen LogP contribution in [0.2, 0.25) is 0 Å². The van der Waals surface area contributed by atoms with Gasteiger partial charge in [-0.25, -0.2) is 4.98 Å². The third-order valence-electron chi connectivity index (χ3n) is 2.82. The highest BCUT2D eigenvalue weighted by molar-refractivity contribution is 7.98. The smallest absolute Gasteiger partial charge is 0.220 e. The summed E-state index contributed by atoms with van der Waals surface area (Å²) in [5.74, 6) is 1.62. The molecule has 19 heavy (non-hydrogen) atoms. The van der Waals surface area contributed by atoms with Crippen molar-refractivity contribution in [1.82, 2.24) is 10.3 Å². The average Bonchev–Trinajstić information content (AvgIpc) is 2.78. The van der Waals surface area contributed by atoms with Gasteiger partial charge in [-0.1, -0.05) is 6.92 Å². The number of nitrogens with zero attached hydrogens (tertiary/aromatic N) is 1. The Kier molecular flexibility index (Phi) is 6.82. The molecule has 0 saturated carbocycles. The van der Waals surface area contributed by atoms with Gasteiger partial charge in [0, 0.05) is 29.9 Å². The van der Waals surface area contributed by atoms with Crippen molar-refractivity contribution in [2.45, 2.75) is 45.0 Å². The van der Waals surface area contributed by atoms with Gasteiger partial charge in [-0.15, -0.1) is 11.3 Å². The molecule has 1 aromatic heterocycles. The molecule has 0 aliphatic heterocycles. The van der Waals surface area contributed by atoms with Crippen molar-refractivity contribution in [2.24, 2.45) is 0 Å². The highest BCUT2D eigenvalue weighted by Gasteiger charge is 2.17. The van der Waals surface area contributed by atoms with Crippen LogP contribution in [0, 0.1) is 6.92 Å². The molecule has 2 N–H and O–H groups in total. The zero-order valence-corrected chi connectivity index (χ0v) is 13.4. The summed E-state index contributed by atoms with van der Waals surface area (Å²) in [6, 6.07) is 0. The maximum atomic E-state index is 11.6. The summed E-state index contributed by atoms with van der Waals surface area (Å²) in [7, 11) is 0. The summed E-state index contributed by atoms with van der Waals surface area (Å²) in [5.41, 5.74) is 0.280. The molecular formula is C13H22N2O2S2. The number of nitrogens with one attached hydrogen (secondary N) is 1. The summed E-state index contributed by atoms with van der Waals surface area (Å²) in [6.45, 7) is 5.94. The van der Waals surface area contributed by atoms with E-state index in [1.54, 1.807) is 30.0 Å². The van der Waals surface area contributed by atoms with Crippen LogP contribution in [0.15, 0.2) is 5.38 Å². The molecule has 6 heteroatoms. The van der Waals surface area contributed by atoms with E-state index in [4.69, 9.17) is 0 Å². The van der Waals surface area contributed by atoms with E-state index in [1.807, 2.05) is 13.8 Å². The second kappa shape index (κ2) is 7.87. The third kappa shape index (κ3) is 6.94. The molecule has 1 aromatic rings. The molecule has 1 rings (SSSR count). The number of thioether (sulfide) groups is 1. The molecule has 0 bridgehead atoms. The first-order valence-corrected chi connectivity index (χ1v) is 8.44. The standard InChI is InChI=1S/C13H22N2O2S2/c1-4-13(3,17)9-14-12(16)5-6-18-7-11-8-19-10(2)15-11/h8,17H,4-7,9H2,1-3H3,(H,14,16). The largest absolute Gasteiger partial charge is 0.388 e. The molecule has 0 aliphatic carbocycles. The highest BCUT2D eigenvalue weighted by Crippen LogP contribution is 2.15. The maximum absolute atomic E-state index is 11.6. The number of amides is 1. The molecule has 108 valence electrons. The second-order valence-electron chi connectivity index (χ2n) is 4.79. The first-order chi connectivity index (χ1) is 8.93. The molecule has 0 fully saturated rings. The molecule has 0 radical (unpaired) electrons. The Hall–Kier alpha value is -0.590. The van der Waals surface area contributed by atoms with Gasteiger partial charge in [-0.05, 0) is 20.3 Å². The van der Waals surface area contributed by atoms with Gasteiger partial charge in [0.2, 0.25) is 5.91 Å². The van der Waals surface area contributed by atoms with Crippen LogP contribution in [0.4, 0.5) is 0 Å². The lowest BCUT2D eigenvalue weighted by Crippen LogP contribution is -2.40. The van der Waals surface area contributed by atoms with E-state index < -0.39 is 5.60 Å². The molecule has 0 aliphatic rings. The van der Waals surface area contributed by atoms with Gasteiger partial charge in [-0.3, -0.25) is 4.79 Å². The minimum atomic E-state index is -0.805. The van der Waals surface area contributed by atoms with Gasteiger partial charge >= 0.3 is 0 Å². The van der Waals surface area contributed by atoms with Crippen LogP contribution < -0.4 is 5.32 Å². The maximum Gasteiger partial charge on any atom is 0.220 e. The Labute approximate surface area is 123 Å². The summed E-state index contributed by atoms with van der Waals surface area (Å²) in [5, 5.41) is 15.7. The van der Waals surface area contributed by atoms with E-state index in [2.05, 4.69) is 15.7 Å². The minimum Gasteiger partial charge on any atom is -0.388 e. The number of hydrogen-bond donors (Lipinski definition) is 2. The number of rotatable bonds is 8. The lowest BCUT2D eigenvalue weighted by atomic mass is 10.0. The SMILES string of the molecule is CCC(C)(O)CNC(=O)CCSCc1csc(C)n1. The van der Waals surface area contributed by atoms with E-state index in [1.165, 1.54) is 0 Å². The molecule has 1 atom stereocenters. The Balaban J connectivity index is 2.10. The lowest BCUT2D eigenvalue weighted by Gasteiger charge is -2.21. The monoisotopic (exact) mass is 302 g/mol. The van der Waals surface area contributed by atoms with Gasteiger partial charge < -0.3 is 10.4 Å². The second-order valence-corrected chi connectivity index (χ2v) is 6.96. The summed E-state index contributed by atoms with van der Waals surface area (Å²) >= 11 is 3.36. The van der Waals surface area contributed by atoms with Gasteiger partial charge in [0.25, 0.3) is 0 Å². The van der Waals surface area contributed by atoms with Crippen molar-refractivity contribution >= 4 is 29.0 Å². The predicted molar refractivity (Wildman–Crippen MR) is 81.6 cm³/mol. The molecule has 0 aromatic carbocycles. The number of aryl methyl sites for hydroxylation is 1. The van der Waals surface area contributed by atoms with Crippen molar-refractivity contribution in [3.63, 3.8) is 0 Å². The first kappa shape index (κ1) is 16.5. The average molecular weight is 302 g/mol.